The third-order valence-electron chi connectivity index (χ3n) is 4.04. The molecule has 1 saturated heterocycles. The van der Waals surface area contributed by atoms with Gasteiger partial charge in [0.25, 0.3) is 0 Å². The van der Waals surface area contributed by atoms with Crippen LogP contribution in [0.3, 0.4) is 0 Å². The van der Waals surface area contributed by atoms with Crippen LogP contribution in [-0.2, 0) is 4.79 Å². The second-order valence-electron chi connectivity index (χ2n) is 5.76. The summed E-state index contributed by atoms with van der Waals surface area (Å²) in [7, 11) is 0. The highest BCUT2D eigenvalue weighted by Gasteiger charge is 2.34. The Balaban J connectivity index is 1.67. The number of halogens is 2. The van der Waals surface area contributed by atoms with Gasteiger partial charge < -0.3 is 15.5 Å². The summed E-state index contributed by atoms with van der Waals surface area (Å²) in [6, 6.07) is 11.7. The number of nitrogens with zero attached hydrogens (tertiary/aromatic N) is 1. The highest BCUT2D eigenvalue weighted by molar-refractivity contribution is 6.30. The molecule has 0 aliphatic carbocycles. The van der Waals surface area contributed by atoms with E-state index in [4.69, 9.17) is 11.6 Å². The zero-order valence-corrected chi connectivity index (χ0v) is 14.1. The Morgan fingerprint density at radius 2 is 1.80 bits per heavy atom. The molecular weight excluding hydrogens is 345 g/mol. The average molecular weight is 362 g/mol. The zero-order chi connectivity index (χ0) is 17.8. The molecule has 3 amide bonds. The van der Waals surface area contributed by atoms with Crippen LogP contribution in [0.1, 0.15) is 12.8 Å². The molecule has 1 aliphatic rings. The van der Waals surface area contributed by atoms with E-state index in [-0.39, 0.29) is 11.7 Å². The Morgan fingerprint density at radius 3 is 2.52 bits per heavy atom. The largest absolute Gasteiger partial charge is 0.322 e. The van der Waals surface area contributed by atoms with Crippen LogP contribution < -0.4 is 10.6 Å². The first kappa shape index (κ1) is 17.2. The molecule has 130 valence electrons. The summed E-state index contributed by atoms with van der Waals surface area (Å²) in [5.41, 5.74) is 0.701. The maximum atomic E-state index is 13.7. The fraction of sp³-hybridized carbons (Fsp3) is 0.222. The summed E-state index contributed by atoms with van der Waals surface area (Å²) >= 11 is 5.82. The lowest BCUT2D eigenvalue weighted by Crippen LogP contribution is -2.45. The van der Waals surface area contributed by atoms with Gasteiger partial charge in [-0.05, 0) is 49.2 Å². The highest BCUT2D eigenvalue weighted by atomic mass is 35.5. The lowest BCUT2D eigenvalue weighted by Gasteiger charge is -2.24. The van der Waals surface area contributed by atoms with E-state index in [1.54, 1.807) is 36.4 Å². The minimum Gasteiger partial charge on any atom is -0.322 e. The molecule has 5 nitrogen and oxygen atoms in total. The molecule has 0 saturated carbocycles. The van der Waals surface area contributed by atoms with Crippen molar-refractivity contribution in [2.45, 2.75) is 18.9 Å². The fourth-order valence-electron chi connectivity index (χ4n) is 2.79. The van der Waals surface area contributed by atoms with Gasteiger partial charge in [-0.25, -0.2) is 9.18 Å². The van der Waals surface area contributed by atoms with Gasteiger partial charge in [0.1, 0.15) is 11.9 Å². The van der Waals surface area contributed by atoms with E-state index in [0.29, 0.717) is 30.1 Å². The van der Waals surface area contributed by atoms with Crippen LogP contribution in [0.25, 0.3) is 0 Å². The molecule has 0 aromatic heterocycles. The molecule has 0 unspecified atom stereocenters. The van der Waals surface area contributed by atoms with Gasteiger partial charge in [-0.2, -0.15) is 0 Å². The number of benzene rings is 2. The van der Waals surface area contributed by atoms with Gasteiger partial charge in [-0.15, -0.1) is 0 Å². The number of carbonyl (C=O) groups is 2. The number of hydrogen-bond donors (Lipinski definition) is 2. The van der Waals surface area contributed by atoms with Crippen molar-refractivity contribution in [1.82, 2.24) is 4.90 Å². The van der Waals surface area contributed by atoms with Crippen molar-refractivity contribution in [3.63, 3.8) is 0 Å². The van der Waals surface area contributed by atoms with Crippen molar-refractivity contribution in [1.29, 1.82) is 0 Å². The Hall–Kier alpha value is -2.60. The quantitative estimate of drug-likeness (QED) is 0.864. The molecule has 2 N–H and O–H groups in total. The van der Waals surface area contributed by atoms with Crippen molar-refractivity contribution < 1.29 is 14.0 Å². The van der Waals surface area contributed by atoms with E-state index in [0.717, 1.165) is 0 Å². The van der Waals surface area contributed by atoms with Crippen molar-refractivity contribution in [2.24, 2.45) is 0 Å². The second-order valence-corrected chi connectivity index (χ2v) is 6.19. The molecule has 3 rings (SSSR count). The first-order chi connectivity index (χ1) is 12.0. The molecular formula is C18H17ClFN3O2. The van der Waals surface area contributed by atoms with Gasteiger partial charge in [0.15, 0.2) is 0 Å². The molecule has 1 aliphatic heterocycles. The second kappa shape index (κ2) is 7.53. The molecule has 7 heteroatoms. The van der Waals surface area contributed by atoms with Crippen molar-refractivity contribution >= 4 is 34.9 Å². The predicted octanol–water partition coefficient (Wildman–Crippen LogP) is 4.11. The third-order valence-corrected chi connectivity index (χ3v) is 4.30. The SMILES string of the molecule is O=C(Nc1ccccc1F)[C@H]1CCCN1C(=O)Nc1ccc(Cl)cc1. The van der Waals surface area contributed by atoms with Gasteiger partial charge in [-0.3, -0.25) is 4.79 Å². The fourth-order valence-corrected chi connectivity index (χ4v) is 2.92. The normalized spacial score (nSPS) is 16.6. The number of likely N-dealkylation sites (tertiary alicyclic amines) is 1. The van der Waals surface area contributed by atoms with Crippen LogP contribution >= 0.6 is 11.6 Å². The lowest BCUT2D eigenvalue weighted by atomic mass is 10.2. The van der Waals surface area contributed by atoms with Crippen LogP contribution in [0.4, 0.5) is 20.6 Å². The van der Waals surface area contributed by atoms with E-state index in [9.17, 15) is 14.0 Å². The van der Waals surface area contributed by atoms with E-state index in [2.05, 4.69) is 10.6 Å². The minimum absolute atomic E-state index is 0.109. The first-order valence-electron chi connectivity index (χ1n) is 7.93. The van der Waals surface area contributed by atoms with Crippen LogP contribution in [0.15, 0.2) is 48.5 Å². The molecule has 25 heavy (non-hydrogen) atoms. The highest BCUT2D eigenvalue weighted by Crippen LogP contribution is 2.22. The van der Waals surface area contributed by atoms with Gasteiger partial charge in [-0.1, -0.05) is 23.7 Å². The third kappa shape index (κ3) is 4.09. The monoisotopic (exact) mass is 361 g/mol. The molecule has 2 aromatic carbocycles. The van der Waals surface area contributed by atoms with Crippen molar-refractivity contribution in [3.05, 3.63) is 59.4 Å². The predicted molar refractivity (Wildman–Crippen MR) is 95.2 cm³/mol. The summed E-state index contributed by atoms with van der Waals surface area (Å²) in [5.74, 6) is -0.903. The summed E-state index contributed by atoms with van der Waals surface area (Å²) in [5, 5.41) is 5.87. The van der Waals surface area contributed by atoms with E-state index in [1.807, 2.05) is 0 Å². The number of para-hydroxylation sites is 1. The topological polar surface area (TPSA) is 61.4 Å². The van der Waals surface area contributed by atoms with Crippen molar-refractivity contribution in [2.75, 3.05) is 17.2 Å². The molecule has 0 radical (unpaired) electrons. The summed E-state index contributed by atoms with van der Waals surface area (Å²) in [4.78, 5) is 26.4. The number of carbonyl (C=O) groups excluding carboxylic acids is 2. The van der Waals surface area contributed by atoms with Gasteiger partial charge in [0, 0.05) is 17.3 Å². The average Bonchev–Trinajstić information content (AvgIpc) is 3.09. The maximum Gasteiger partial charge on any atom is 0.322 e. The standard InChI is InChI=1S/C18H17ClFN3O2/c19-12-7-9-13(10-8-12)21-18(25)23-11-3-6-16(23)17(24)22-15-5-2-1-4-14(15)20/h1-2,4-5,7-10,16H,3,6,11H2,(H,21,25)(H,22,24)/t16-/m1/s1. The Morgan fingerprint density at radius 1 is 1.08 bits per heavy atom. The Kier molecular flexibility index (Phi) is 5.19. The van der Waals surface area contributed by atoms with E-state index >= 15 is 0 Å². The van der Waals surface area contributed by atoms with Gasteiger partial charge >= 0.3 is 6.03 Å². The van der Waals surface area contributed by atoms with E-state index < -0.39 is 17.8 Å². The van der Waals surface area contributed by atoms with Crippen molar-refractivity contribution in [3.8, 4) is 0 Å². The maximum absolute atomic E-state index is 13.7. The molecule has 0 bridgehead atoms. The van der Waals surface area contributed by atoms with Gasteiger partial charge in [0.05, 0.1) is 5.69 Å². The molecule has 1 fully saturated rings. The van der Waals surface area contributed by atoms with Crippen LogP contribution in [0.5, 0.6) is 0 Å². The number of urea groups is 1. The van der Waals surface area contributed by atoms with Crippen LogP contribution in [0.2, 0.25) is 5.02 Å². The molecule has 1 atom stereocenters. The summed E-state index contributed by atoms with van der Waals surface area (Å²) in [6.45, 7) is 0.467. The molecule has 2 aromatic rings. The number of rotatable bonds is 3. The molecule has 1 heterocycles. The number of amides is 3. The smallest absolute Gasteiger partial charge is 0.322 e. The van der Waals surface area contributed by atoms with Crippen LogP contribution in [0, 0.1) is 5.82 Å². The minimum atomic E-state index is -0.632. The lowest BCUT2D eigenvalue weighted by molar-refractivity contribution is -0.119. The number of nitrogens with one attached hydrogen (secondary N) is 2. The zero-order valence-electron chi connectivity index (χ0n) is 13.3. The van der Waals surface area contributed by atoms with Gasteiger partial charge in [0.2, 0.25) is 5.91 Å². The summed E-state index contributed by atoms with van der Waals surface area (Å²) < 4.78 is 13.7. The Labute approximate surface area is 149 Å². The number of hydrogen-bond acceptors (Lipinski definition) is 2. The number of anilines is 2. The first-order valence-corrected chi connectivity index (χ1v) is 8.31. The van der Waals surface area contributed by atoms with Crippen LogP contribution in [-0.4, -0.2) is 29.4 Å². The Bertz CT molecular complexity index is 782. The van der Waals surface area contributed by atoms with E-state index in [1.165, 1.54) is 17.0 Å². The molecule has 0 spiro atoms. The summed E-state index contributed by atoms with van der Waals surface area (Å²) in [6.07, 6.45) is 1.25.